The van der Waals surface area contributed by atoms with E-state index in [1.165, 1.54) is 18.4 Å². The second-order valence-corrected chi connectivity index (χ2v) is 5.39. The highest BCUT2D eigenvalue weighted by atomic mass is 35.5. The number of carbonyl (C=O) groups excluding carboxylic acids is 1. The summed E-state index contributed by atoms with van der Waals surface area (Å²) in [6.45, 7) is 1.57. The van der Waals surface area contributed by atoms with Crippen molar-refractivity contribution in [2.24, 2.45) is 0 Å². The maximum Gasteiger partial charge on any atom is 0.351 e. The van der Waals surface area contributed by atoms with E-state index in [9.17, 15) is 4.79 Å². The van der Waals surface area contributed by atoms with Crippen molar-refractivity contribution in [2.75, 3.05) is 32.3 Å². The molecule has 7 heteroatoms. The molecule has 1 fully saturated rings. The number of hydrogen-bond acceptors (Lipinski definition) is 6. The van der Waals surface area contributed by atoms with Crippen LogP contribution in [0, 0.1) is 0 Å². The van der Waals surface area contributed by atoms with Gasteiger partial charge < -0.3 is 14.4 Å². The normalized spacial score (nSPS) is 19.3. The van der Waals surface area contributed by atoms with Gasteiger partial charge in [0, 0.05) is 13.7 Å². The second-order valence-electron chi connectivity index (χ2n) is 4.05. The van der Waals surface area contributed by atoms with Crippen LogP contribution in [0.25, 0.3) is 0 Å². The summed E-state index contributed by atoms with van der Waals surface area (Å²) in [6, 6.07) is 0.308. The van der Waals surface area contributed by atoms with Crippen LogP contribution in [0.1, 0.15) is 22.5 Å². The van der Waals surface area contributed by atoms with E-state index in [1.807, 2.05) is 0 Å². The minimum Gasteiger partial charge on any atom is -0.465 e. The van der Waals surface area contributed by atoms with Crippen LogP contribution >= 0.6 is 22.9 Å². The first kappa shape index (κ1) is 13.6. The first-order chi connectivity index (χ1) is 8.67. The first-order valence-electron chi connectivity index (χ1n) is 5.67. The zero-order chi connectivity index (χ0) is 13.1. The van der Waals surface area contributed by atoms with Gasteiger partial charge in [-0.05, 0) is 12.8 Å². The lowest BCUT2D eigenvalue weighted by atomic mass is 10.2. The molecule has 0 spiro atoms. The molecule has 0 radical (unpaired) electrons. The number of methoxy groups -OCH3 is 2. The van der Waals surface area contributed by atoms with Gasteiger partial charge in [0.25, 0.3) is 0 Å². The number of aromatic nitrogens is 1. The molecule has 2 rings (SSSR count). The summed E-state index contributed by atoms with van der Waals surface area (Å²) < 4.78 is 9.86. The Morgan fingerprint density at radius 3 is 3.06 bits per heavy atom. The van der Waals surface area contributed by atoms with Crippen LogP contribution in [0.5, 0.6) is 0 Å². The van der Waals surface area contributed by atoms with E-state index in [2.05, 4.69) is 14.6 Å². The lowest BCUT2D eigenvalue weighted by molar-refractivity contribution is 0.0606. The smallest absolute Gasteiger partial charge is 0.351 e. The van der Waals surface area contributed by atoms with E-state index >= 15 is 0 Å². The highest BCUT2D eigenvalue weighted by molar-refractivity contribution is 7.18. The Hall–Kier alpha value is -0.850. The predicted octanol–water partition coefficient (Wildman–Crippen LogP) is 2.20. The average molecular weight is 291 g/mol. The molecule has 1 aliphatic rings. The van der Waals surface area contributed by atoms with Crippen molar-refractivity contribution >= 4 is 34.0 Å². The Morgan fingerprint density at radius 2 is 2.39 bits per heavy atom. The molecule has 1 aromatic rings. The molecule has 1 aromatic heterocycles. The van der Waals surface area contributed by atoms with Gasteiger partial charge >= 0.3 is 5.97 Å². The van der Waals surface area contributed by atoms with Crippen molar-refractivity contribution in [2.45, 2.75) is 18.9 Å². The molecule has 5 nitrogen and oxygen atoms in total. The Kier molecular flexibility index (Phi) is 4.42. The highest BCUT2D eigenvalue weighted by Gasteiger charge is 2.29. The average Bonchev–Trinajstić information content (AvgIpc) is 2.95. The summed E-state index contributed by atoms with van der Waals surface area (Å²) >= 11 is 7.23. The van der Waals surface area contributed by atoms with Crippen molar-refractivity contribution in [3.63, 3.8) is 0 Å². The molecule has 0 saturated carbocycles. The molecule has 0 amide bonds. The molecule has 0 N–H and O–H groups in total. The number of esters is 1. The van der Waals surface area contributed by atoms with Crippen molar-refractivity contribution in [1.82, 2.24) is 4.98 Å². The summed E-state index contributed by atoms with van der Waals surface area (Å²) in [4.78, 5) is 18.2. The molecule has 0 bridgehead atoms. The van der Waals surface area contributed by atoms with Gasteiger partial charge in [-0.25, -0.2) is 9.78 Å². The Balaban J connectivity index is 2.20. The van der Waals surface area contributed by atoms with E-state index in [4.69, 9.17) is 16.3 Å². The molecular weight excluding hydrogens is 276 g/mol. The van der Waals surface area contributed by atoms with Crippen LogP contribution in [0.3, 0.4) is 0 Å². The van der Waals surface area contributed by atoms with E-state index in [0.717, 1.165) is 24.5 Å². The van der Waals surface area contributed by atoms with Gasteiger partial charge in [-0.15, -0.1) is 0 Å². The zero-order valence-corrected chi connectivity index (χ0v) is 11.9. The summed E-state index contributed by atoms with van der Waals surface area (Å²) in [5, 5.41) is 0.977. The molecule has 1 saturated heterocycles. The number of hydrogen-bond donors (Lipinski definition) is 0. The lowest BCUT2D eigenvalue weighted by Gasteiger charge is -2.22. The Labute approximate surface area is 115 Å². The molecule has 1 unspecified atom stereocenters. The van der Waals surface area contributed by atoms with Crippen molar-refractivity contribution < 1.29 is 14.3 Å². The first-order valence-corrected chi connectivity index (χ1v) is 6.87. The fraction of sp³-hybridized carbons (Fsp3) is 0.636. The molecule has 1 atom stereocenters. The fourth-order valence-corrected chi connectivity index (χ4v) is 3.38. The molecule has 1 aliphatic heterocycles. The van der Waals surface area contributed by atoms with Gasteiger partial charge in [0.15, 0.2) is 15.2 Å². The summed E-state index contributed by atoms with van der Waals surface area (Å²) in [6.07, 6.45) is 2.16. The Bertz CT molecular complexity index is 438. The third-order valence-electron chi connectivity index (χ3n) is 2.93. The van der Waals surface area contributed by atoms with Gasteiger partial charge in [0.2, 0.25) is 0 Å². The van der Waals surface area contributed by atoms with Crippen LogP contribution in [-0.4, -0.2) is 44.4 Å². The summed E-state index contributed by atoms with van der Waals surface area (Å²) in [5.74, 6) is -0.439. The quantitative estimate of drug-likeness (QED) is 0.796. The number of anilines is 1. The topological polar surface area (TPSA) is 51.7 Å². The minimum absolute atomic E-state index is 0.213. The van der Waals surface area contributed by atoms with E-state index in [1.54, 1.807) is 7.11 Å². The van der Waals surface area contributed by atoms with Gasteiger partial charge in [0.1, 0.15) is 0 Å². The monoisotopic (exact) mass is 290 g/mol. The van der Waals surface area contributed by atoms with Crippen LogP contribution < -0.4 is 4.90 Å². The molecular formula is C11H15ClN2O3S. The largest absolute Gasteiger partial charge is 0.465 e. The van der Waals surface area contributed by atoms with E-state index in [0.29, 0.717) is 17.5 Å². The fourth-order valence-electron chi connectivity index (χ4n) is 2.09. The highest BCUT2D eigenvalue weighted by Crippen LogP contribution is 2.34. The van der Waals surface area contributed by atoms with Gasteiger partial charge in [-0.1, -0.05) is 22.9 Å². The number of rotatable bonds is 4. The number of carbonyl (C=O) groups is 1. The van der Waals surface area contributed by atoms with Crippen molar-refractivity contribution in [3.05, 3.63) is 10.0 Å². The predicted molar refractivity (Wildman–Crippen MR) is 70.7 cm³/mol. The molecule has 100 valence electrons. The maximum atomic E-state index is 11.5. The van der Waals surface area contributed by atoms with Crippen LogP contribution in [0.2, 0.25) is 5.15 Å². The van der Waals surface area contributed by atoms with Crippen LogP contribution in [-0.2, 0) is 9.47 Å². The number of thiazole rings is 1. The van der Waals surface area contributed by atoms with Gasteiger partial charge in [0.05, 0.1) is 19.8 Å². The number of nitrogens with zero attached hydrogens (tertiary/aromatic N) is 2. The van der Waals surface area contributed by atoms with Crippen LogP contribution in [0.4, 0.5) is 5.13 Å². The third kappa shape index (κ3) is 2.60. The number of ether oxygens (including phenoxy) is 2. The van der Waals surface area contributed by atoms with Gasteiger partial charge in [-0.3, -0.25) is 0 Å². The molecule has 18 heavy (non-hydrogen) atoms. The number of halogens is 1. The van der Waals surface area contributed by atoms with Crippen LogP contribution in [0.15, 0.2) is 0 Å². The summed E-state index contributed by atoms with van der Waals surface area (Å²) in [7, 11) is 3.02. The minimum atomic E-state index is -0.439. The van der Waals surface area contributed by atoms with Gasteiger partial charge in [-0.2, -0.15) is 0 Å². The third-order valence-corrected chi connectivity index (χ3v) is 4.39. The molecule has 0 aliphatic carbocycles. The van der Waals surface area contributed by atoms with Crippen molar-refractivity contribution in [1.29, 1.82) is 0 Å². The van der Waals surface area contributed by atoms with Crippen molar-refractivity contribution in [3.8, 4) is 0 Å². The standard InChI is InChI=1S/C11H15ClN2O3S/c1-16-6-7-4-3-5-14(7)11-13-9(12)8(18-11)10(15)17-2/h7H,3-6H2,1-2H3. The zero-order valence-electron chi connectivity index (χ0n) is 10.3. The second kappa shape index (κ2) is 5.86. The molecule has 0 aromatic carbocycles. The van der Waals surface area contributed by atoms with E-state index < -0.39 is 5.97 Å². The lowest BCUT2D eigenvalue weighted by Crippen LogP contribution is -2.32. The molecule has 2 heterocycles. The van der Waals surface area contributed by atoms with E-state index in [-0.39, 0.29) is 5.15 Å². The Morgan fingerprint density at radius 1 is 1.61 bits per heavy atom. The maximum absolute atomic E-state index is 11.5. The SMILES string of the molecule is COCC1CCCN1c1nc(Cl)c(C(=O)OC)s1. The summed E-state index contributed by atoms with van der Waals surface area (Å²) in [5.41, 5.74) is 0.